The number of rotatable bonds is 4. The maximum atomic E-state index is 13.6. The standard InChI is InChI=1S/C21H25FN2O3S/c22-19-7-4-8-20(13-19)28(25,26)24-10-9-18-16-27-12-11-23(21(18)15-24)14-17-5-2-1-3-6-17/h1-8,13,18,21H,9-12,14-16H2. The van der Waals surface area contributed by atoms with Gasteiger partial charge in [0.15, 0.2) is 0 Å². The van der Waals surface area contributed by atoms with E-state index >= 15 is 0 Å². The molecule has 7 heteroatoms. The summed E-state index contributed by atoms with van der Waals surface area (Å²) in [7, 11) is -3.72. The highest BCUT2D eigenvalue weighted by molar-refractivity contribution is 7.89. The Kier molecular flexibility index (Phi) is 5.78. The van der Waals surface area contributed by atoms with E-state index in [0.717, 1.165) is 25.6 Å². The molecule has 2 atom stereocenters. The van der Waals surface area contributed by atoms with Crippen molar-refractivity contribution in [3.8, 4) is 0 Å². The molecule has 150 valence electrons. The molecule has 5 nitrogen and oxygen atoms in total. The number of sulfonamides is 1. The third kappa shape index (κ3) is 4.12. The number of nitrogens with zero attached hydrogens (tertiary/aromatic N) is 2. The van der Waals surface area contributed by atoms with Crippen LogP contribution in [0.25, 0.3) is 0 Å². The van der Waals surface area contributed by atoms with E-state index in [1.54, 1.807) is 0 Å². The Morgan fingerprint density at radius 2 is 1.89 bits per heavy atom. The van der Waals surface area contributed by atoms with Crippen molar-refractivity contribution in [2.45, 2.75) is 23.9 Å². The second-order valence-corrected chi connectivity index (χ2v) is 9.41. The van der Waals surface area contributed by atoms with Crippen molar-refractivity contribution in [2.24, 2.45) is 5.92 Å². The first-order valence-corrected chi connectivity index (χ1v) is 11.1. The lowest BCUT2D eigenvalue weighted by molar-refractivity contribution is 0.0766. The maximum Gasteiger partial charge on any atom is 0.243 e. The smallest absolute Gasteiger partial charge is 0.243 e. The quantitative estimate of drug-likeness (QED) is 0.786. The van der Waals surface area contributed by atoms with Crippen LogP contribution in [0.3, 0.4) is 0 Å². The normalized spacial score (nSPS) is 24.5. The molecule has 2 aliphatic rings. The van der Waals surface area contributed by atoms with Gasteiger partial charge in [0, 0.05) is 38.1 Å². The number of hydrogen-bond acceptors (Lipinski definition) is 4. The van der Waals surface area contributed by atoms with Crippen LogP contribution < -0.4 is 0 Å². The van der Waals surface area contributed by atoms with Gasteiger partial charge in [-0.3, -0.25) is 4.90 Å². The Balaban J connectivity index is 1.57. The second kappa shape index (κ2) is 8.29. The van der Waals surface area contributed by atoms with Gasteiger partial charge >= 0.3 is 0 Å². The maximum absolute atomic E-state index is 13.6. The molecule has 0 radical (unpaired) electrons. The van der Waals surface area contributed by atoms with E-state index in [1.165, 1.54) is 28.1 Å². The van der Waals surface area contributed by atoms with Crippen LogP contribution in [0.15, 0.2) is 59.5 Å². The first-order chi connectivity index (χ1) is 13.5. The molecule has 0 aromatic heterocycles. The fourth-order valence-corrected chi connectivity index (χ4v) is 5.66. The summed E-state index contributed by atoms with van der Waals surface area (Å²) >= 11 is 0. The average molecular weight is 405 g/mol. The fourth-order valence-electron chi connectivity index (χ4n) is 4.15. The molecule has 2 aromatic rings. The topological polar surface area (TPSA) is 49.9 Å². The molecule has 2 heterocycles. The zero-order chi connectivity index (χ0) is 19.6. The molecule has 0 bridgehead atoms. The van der Waals surface area contributed by atoms with Crippen molar-refractivity contribution >= 4 is 10.0 Å². The average Bonchev–Trinajstić information content (AvgIpc) is 2.90. The molecular weight excluding hydrogens is 379 g/mol. The molecule has 2 saturated heterocycles. The monoisotopic (exact) mass is 404 g/mol. The van der Waals surface area contributed by atoms with Crippen LogP contribution in [0.4, 0.5) is 4.39 Å². The number of ether oxygens (including phenoxy) is 1. The number of piperidine rings is 1. The molecule has 2 aliphatic heterocycles. The van der Waals surface area contributed by atoms with E-state index in [4.69, 9.17) is 4.74 Å². The van der Waals surface area contributed by atoms with Crippen molar-refractivity contribution in [2.75, 3.05) is 32.8 Å². The van der Waals surface area contributed by atoms with Gasteiger partial charge in [-0.2, -0.15) is 4.31 Å². The molecule has 4 rings (SSSR count). The van der Waals surface area contributed by atoms with E-state index in [-0.39, 0.29) is 10.9 Å². The summed E-state index contributed by atoms with van der Waals surface area (Å²) in [6.07, 6.45) is 0.741. The van der Waals surface area contributed by atoms with Crippen molar-refractivity contribution in [3.63, 3.8) is 0 Å². The fraction of sp³-hybridized carbons (Fsp3) is 0.429. The first-order valence-electron chi connectivity index (χ1n) is 9.65. The third-order valence-corrected chi connectivity index (χ3v) is 7.53. The van der Waals surface area contributed by atoms with Gasteiger partial charge in [0.2, 0.25) is 10.0 Å². The molecule has 2 unspecified atom stereocenters. The summed E-state index contributed by atoms with van der Waals surface area (Å²) in [6.45, 7) is 3.67. The Bertz CT molecular complexity index is 907. The Morgan fingerprint density at radius 3 is 2.68 bits per heavy atom. The predicted molar refractivity (Wildman–Crippen MR) is 105 cm³/mol. The van der Waals surface area contributed by atoms with Crippen LogP contribution in [-0.2, 0) is 21.3 Å². The van der Waals surface area contributed by atoms with Crippen molar-refractivity contribution in [1.29, 1.82) is 0 Å². The highest BCUT2D eigenvalue weighted by Gasteiger charge is 2.39. The van der Waals surface area contributed by atoms with Gasteiger partial charge in [0.25, 0.3) is 0 Å². The van der Waals surface area contributed by atoms with E-state index < -0.39 is 15.8 Å². The number of halogens is 1. The van der Waals surface area contributed by atoms with Gasteiger partial charge in [-0.05, 0) is 30.2 Å². The van der Waals surface area contributed by atoms with Gasteiger partial charge in [-0.15, -0.1) is 0 Å². The van der Waals surface area contributed by atoms with Crippen molar-refractivity contribution in [1.82, 2.24) is 9.21 Å². The zero-order valence-electron chi connectivity index (χ0n) is 15.7. The summed E-state index contributed by atoms with van der Waals surface area (Å²) in [5.74, 6) is -0.241. The molecule has 0 amide bonds. The molecule has 0 saturated carbocycles. The summed E-state index contributed by atoms with van der Waals surface area (Å²) in [6, 6.07) is 15.5. The van der Waals surface area contributed by atoms with Crippen LogP contribution in [-0.4, -0.2) is 56.5 Å². The highest BCUT2D eigenvalue weighted by Crippen LogP contribution is 2.30. The Labute approximate surface area is 165 Å². The van der Waals surface area contributed by atoms with E-state index in [9.17, 15) is 12.8 Å². The lowest BCUT2D eigenvalue weighted by Crippen LogP contribution is -2.54. The predicted octanol–water partition coefficient (Wildman–Crippen LogP) is 2.74. The molecule has 0 N–H and O–H groups in total. The second-order valence-electron chi connectivity index (χ2n) is 7.47. The molecule has 0 spiro atoms. The van der Waals surface area contributed by atoms with Crippen LogP contribution in [0, 0.1) is 11.7 Å². The molecule has 0 aliphatic carbocycles. The lowest BCUT2D eigenvalue weighted by Gasteiger charge is -2.41. The number of hydrogen-bond donors (Lipinski definition) is 0. The molecule has 28 heavy (non-hydrogen) atoms. The number of benzene rings is 2. The van der Waals surface area contributed by atoms with E-state index in [2.05, 4.69) is 17.0 Å². The largest absolute Gasteiger partial charge is 0.380 e. The van der Waals surface area contributed by atoms with Crippen LogP contribution in [0.2, 0.25) is 0 Å². The summed E-state index contributed by atoms with van der Waals surface area (Å²) < 4.78 is 47.0. The van der Waals surface area contributed by atoms with Crippen LogP contribution in [0.1, 0.15) is 12.0 Å². The van der Waals surface area contributed by atoms with Gasteiger partial charge in [-0.25, -0.2) is 12.8 Å². The third-order valence-electron chi connectivity index (χ3n) is 5.67. The minimum Gasteiger partial charge on any atom is -0.380 e. The molecular formula is C21H25FN2O3S. The zero-order valence-corrected chi connectivity index (χ0v) is 16.5. The minimum absolute atomic E-state index is 0.0189. The molecule has 2 fully saturated rings. The van der Waals surface area contributed by atoms with Gasteiger partial charge in [0.1, 0.15) is 5.82 Å². The van der Waals surface area contributed by atoms with Crippen LogP contribution in [0.5, 0.6) is 0 Å². The van der Waals surface area contributed by atoms with E-state index in [0.29, 0.717) is 32.2 Å². The summed E-state index contributed by atoms with van der Waals surface area (Å²) in [4.78, 5) is 2.35. The SMILES string of the molecule is O=S(=O)(c1cccc(F)c1)N1CCC2COCCN(Cc3ccccc3)C2C1. The van der Waals surface area contributed by atoms with Gasteiger partial charge in [-0.1, -0.05) is 36.4 Å². The van der Waals surface area contributed by atoms with Crippen LogP contribution >= 0.6 is 0 Å². The van der Waals surface area contributed by atoms with E-state index in [1.807, 2.05) is 18.2 Å². The van der Waals surface area contributed by atoms with Crippen molar-refractivity contribution < 1.29 is 17.5 Å². The minimum atomic E-state index is -3.72. The Morgan fingerprint density at radius 1 is 1.07 bits per heavy atom. The van der Waals surface area contributed by atoms with Gasteiger partial charge < -0.3 is 4.74 Å². The Hall–Kier alpha value is -1.80. The summed E-state index contributed by atoms with van der Waals surface area (Å²) in [5, 5.41) is 0. The summed E-state index contributed by atoms with van der Waals surface area (Å²) in [5.41, 5.74) is 1.20. The number of fused-ring (bicyclic) bond motifs is 1. The molecule has 2 aromatic carbocycles. The van der Waals surface area contributed by atoms with Crippen molar-refractivity contribution in [3.05, 3.63) is 66.0 Å². The highest BCUT2D eigenvalue weighted by atomic mass is 32.2. The first kappa shape index (κ1) is 19.5. The van der Waals surface area contributed by atoms with Gasteiger partial charge in [0.05, 0.1) is 18.1 Å². The lowest BCUT2D eigenvalue weighted by atomic mass is 9.92.